The standard InChI is InChI=1S/C17H26N2O2/c1-13(2)3-5-15(19-9-7-18-8-10-19)14-4-6-16-17(11-14)21-12-20-16/h4,6,11,13,15,18H,3,5,7-10,12H2,1-2H3/t15-/m0/s1. The van der Waals surface area contributed by atoms with E-state index < -0.39 is 0 Å². The zero-order valence-corrected chi connectivity index (χ0v) is 13.1. The largest absolute Gasteiger partial charge is 0.454 e. The van der Waals surface area contributed by atoms with E-state index in [1.807, 2.05) is 0 Å². The van der Waals surface area contributed by atoms with Gasteiger partial charge in [0.1, 0.15) is 0 Å². The quantitative estimate of drug-likeness (QED) is 0.904. The summed E-state index contributed by atoms with van der Waals surface area (Å²) in [6.07, 6.45) is 2.46. The fraction of sp³-hybridized carbons (Fsp3) is 0.647. The molecule has 0 bridgehead atoms. The molecule has 2 aliphatic rings. The van der Waals surface area contributed by atoms with Crippen LogP contribution in [0.15, 0.2) is 18.2 Å². The van der Waals surface area contributed by atoms with Gasteiger partial charge in [-0.2, -0.15) is 0 Å². The van der Waals surface area contributed by atoms with Crippen LogP contribution in [0.25, 0.3) is 0 Å². The summed E-state index contributed by atoms with van der Waals surface area (Å²) in [6.45, 7) is 9.37. The number of benzene rings is 1. The minimum Gasteiger partial charge on any atom is -0.454 e. The molecule has 4 nitrogen and oxygen atoms in total. The Kier molecular flexibility index (Phi) is 4.66. The molecule has 1 aromatic carbocycles. The van der Waals surface area contributed by atoms with Crippen molar-refractivity contribution >= 4 is 0 Å². The third kappa shape index (κ3) is 3.50. The van der Waals surface area contributed by atoms with Crippen LogP contribution in [0.2, 0.25) is 0 Å². The Morgan fingerprint density at radius 2 is 1.86 bits per heavy atom. The number of fused-ring (bicyclic) bond motifs is 1. The second-order valence-electron chi connectivity index (χ2n) is 6.39. The fourth-order valence-corrected chi connectivity index (χ4v) is 3.17. The highest BCUT2D eigenvalue weighted by Gasteiger charge is 2.24. The molecule has 1 saturated heterocycles. The topological polar surface area (TPSA) is 33.7 Å². The molecule has 116 valence electrons. The maximum Gasteiger partial charge on any atom is 0.231 e. The molecular weight excluding hydrogens is 264 g/mol. The first kappa shape index (κ1) is 14.7. The predicted octanol–water partition coefficient (Wildman–Crippen LogP) is 2.80. The Bertz CT molecular complexity index is 470. The van der Waals surface area contributed by atoms with Crippen LogP contribution in [-0.4, -0.2) is 37.9 Å². The average Bonchev–Trinajstić information content (AvgIpc) is 2.96. The Balaban J connectivity index is 1.79. The van der Waals surface area contributed by atoms with Gasteiger partial charge in [-0.05, 0) is 36.5 Å². The Morgan fingerprint density at radius 1 is 1.10 bits per heavy atom. The van der Waals surface area contributed by atoms with Gasteiger partial charge in [-0.3, -0.25) is 4.90 Å². The van der Waals surface area contributed by atoms with Gasteiger partial charge in [-0.15, -0.1) is 0 Å². The van der Waals surface area contributed by atoms with Crippen molar-refractivity contribution in [2.45, 2.75) is 32.7 Å². The Labute approximate surface area is 127 Å². The molecule has 0 radical (unpaired) electrons. The molecule has 1 fully saturated rings. The molecule has 3 rings (SSSR count). The van der Waals surface area contributed by atoms with Crippen LogP contribution in [0.5, 0.6) is 11.5 Å². The molecule has 0 saturated carbocycles. The molecule has 0 amide bonds. The van der Waals surface area contributed by atoms with E-state index in [4.69, 9.17) is 9.47 Å². The smallest absolute Gasteiger partial charge is 0.231 e. The zero-order valence-electron chi connectivity index (χ0n) is 13.1. The number of hydrogen-bond acceptors (Lipinski definition) is 4. The molecule has 1 aromatic rings. The molecule has 2 heterocycles. The number of nitrogens with zero attached hydrogens (tertiary/aromatic N) is 1. The van der Waals surface area contributed by atoms with Crippen molar-refractivity contribution in [2.24, 2.45) is 5.92 Å². The van der Waals surface area contributed by atoms with Crippen LogP contribution >= 0.6 is 0 Å². The molecule has 2 aliphatic heterocycles. The third-order valence-electron chi connectivity index (χ3n) is 4.39. The van der Waals surface area contributed by atoms with E-state index in [1.54, 1.807) is 0 Å². The highest BCUT2D eigenvalue weighted by molar-refractivity contribution is 5.45. The minimum absolute atomic E-state index is 0.350. The molecule has 0 spiro atoms. The average molecular weight is 290 g/mol. The van der Waals surface area contributed by atoms with Gasteiger partial charge in [-0.1, -0.05) is 19.9 Å². The number of ether oxygens (including phenoxy) is 2. The normalized spacial score (nSPS) is 20.0. The summed E-state index contributed by atoms with van der Waals surface area (Å²) in [6, 6.07) is 6.93. The lowest BCUT2D eigenvalue weighted by Crippen LogP contribution is -2.45. The van der Waals surface area contributed by atoms with Crippen molar-refractivity contribution in [1.29, 1.82) is 0 Å². The first-order valence-corrected chi connectivity index (χ1v) is 8.08. The fourth-order valence-electron chi connectivity index (χ4n) is 3.17. The molecule has 0 unspecified atom stereocenters. The molecule has 0 aromatic heterocycles. The SMILES string of the molecule is CC(C)CC[C@@H](c1ccc2c(c1)OCO2)N1CCNCC1. The molecule has 1 N–H and O–H groups in total. The van der Waals surface area contributed by atoms with E-state index in [2.05, 4.69) is 42.3 Å². The summed E-state index contributed by atoms with van der Waals surface area (Å²) >= 11 is 0. The lowest BCUT2D eigenvalue weighted by Gasteiger charge is -2.35. The lowest BCUT2D eigenvalue weighted by atomic mass is 9.95. The summed E-state index contributed by atoms with van der Waals surface area (Å²) in [7, 11) is 0. The number of hydrogen-bond donors (Lipinski definition) is 1. The van der Waals surface area contributed by atoms with Gasteiger partial charge >= 0.3 is 0 Å². The van der Waals surface area contributed by atoms with Crippen LogP contribution in [0, 0.1) is 5.92 Å². The van der Waals surface area contributed by atoms with E-state index in [0.717, 1.165) is 43.6 Å². The number of nitrogens with one attached hydrogen (secondary N) is 1. The van der Waals surface area contributed by atoms with E-state index in [1.165, 1.54) is 18.4 Å². The first-order valence-electron chi connectivity index (χ1n) is 8.08. The highest BCUT2D eigenvalue weighted by atomic mass is 16.7. The van der Waals surface area contributed by atoms with E-state index in [9.17, 15) is 0 Å². The monoisotopic (exact) mass is 290 g/mol. The second-order valence-corrected chi connectivity index (χ2v) is 6.39. The number of rotatable bonds is 5. The van der Waals surface area contributed by atoms with Gasteiger partial charge in [0.05, 0.1) is 0 Å². The van der Waals surface area contributed by atoms with Crippen LogP contribution in [0.4, 0.5) is 0 Å². The maximum atomic E-state index is 5.55. The van der Waals surface area contributed by atoms with E-state index >= 15 is 0 Å². The first-order chi connectivity index (χ1) is 10.2. The molecule has 21 heavy (non-hydrogen) atoms. The molecular formula is C17H26N2O2. The summed E-state index contributed by atoms with van der Waals surface area (Å²) < 4.78 is 11.0. The lowest BCUT2D eigenvalue weighted by molar-refractivity contribution is 0.159. The predicted molar refractivity (Wildman–Crippen MR) is 83.8 cm³/mol. The summed E-state index contributed by atoms with van der Waals surface area (Å²) in [4.78, 5) is 2.61. The molecule has 1 atom stereocenters. The molecule has 0 aliphatic carbocycles. The maximum absolute atomic E-state index is 5.55. The van der Waals surface area contributed by atoms with Gasteiger partial charge in [0, 0.05) is 32.2 Å². The highest BCUT2D eigenvalue weighted by Crippen LogP contribution is 2.37. The molecule has 4 heteroatoms. The van der Waals surface area contributed by atoms with Gasteiger partial charge in [0.2, 0.25) is 6.79 Å². The third-order valence-corrected chi connectivity index (χ3v) is 4.39. The van der Waals surface area contributed by atoms with Crippen molar-refractivity contribution in [3.8, 4) is 11.5 Å². The van der Waals surface area contributed by atoms with Crippen molar-refractivity contribution in [2.75, 3.05) is 33.0 Å². The number of piperazine rings is 1. The second kappa shape index (κ2) is 6.67. The van der Waals surface area contributed by atoms with E-state index in [-0.39, 0.29) is 0 Å². The Morgan fingerprint density at radius 3 is 2.62 bits per heavy atom. The summed E-state index contributed by atoms with van der Waals surface area (Å²) in [5, 5.41) is 3.44. The Hall–Kier alpha value is -1.26. The van der Waals surface area contributed by atoms with Crippen molar-refractivity contribution in [3.63, 3.8) is 0 Å². The van der Waals surface area contributed by atoms with Crippen LogP contribution in [-0.2, 0) is 0 Å². The van der Waals surface area contributed by atoms with Gasteiger partial charge in [0.15, 0.2) is 11.5 Å². The summed E-state index contributed by atoms with van der Waals surface area (Å²) in [5.41, 5.74) is 1.36. The zero-order chi connectivity index (χ0) is 14.7. The van der Waals surface area contributed by atoms with Gasteiger partial charge in [0.25, 0.3) is 0 Å². The van der Waals surface area contributed by atoms with Crippen LogP contribution in [0.1, 0.15) is 38.3 Å². The van der Waals surface area contributed by atoms with Crippen molar-refractivity contribution in [1.82, 2.24) is 10.2 Å². The van der Waals surface area contributed by atoms with Crippen molar-refractivity contribution in [3.05, 3.63) is 23.8 Å². The van der Waals surface area contributed by atoms with E-state index in [0.29, 0.717) is 12.8 Å². The van der Waals surface area contributed by atoms with Gasteiger partial charge < -0.3 is 14.8 Å². The summed E-state index contributed by atoms with van der Waals surface area (Å²) in [5.74, 6) is 2.52. The minimum atomic E-state index is 0.350. The van der Waals surface area contributed by atoms with Crippen LogP contribution < -0.4 is 14.8 Å². The van der Waals surface area contributed by atoms with Crippen LogP contribution in [0.3, 0.4) is 0 Å². The van der Waals surface area contributed by atoms with Gasteiger partial charge in [-0.25, -0.2) is 0 Å². The van der Waals surface area contributed by atoms with Crippen molar-refractivity contribution < 1.29 is 9.47 Å².